The first kappa shape index (κ1) is 23.3. The molecule has 3 aromatic carbocycles. The average Bonchev–Trinajstić information content (AvgIpc) is 3.51. The first-order chi connectivity index (χ1) is 17.8. The number of hydrogen-bond donors (Lipinski definition) is 0. The van der Waals surface area contributed by atoms with Crippen LogP contribution < -0.4 is 14.2 Å². The van der Waals surface area contributed by atoms with Crippen molar-refractivity contribution in [3.63, 3.8) is 0 Å². The number of alkyl halides is 3. The Morgan fingerprint density at radius 3 is 2.73 bits per heavy atom. The highest BCUT2D eigenvalue weighted by atomic mass is 19.4. The van der Waals surface area contributed by atoms with E-state index in [0.29, 0.717) is 47.9 Å². The zero-order chi connectivity index (χ0) is 25.7. The zero-order valence-corrected chi connectivity index (χ0v) is 20.0. The lowest BCUT2D eigenvalue weighted by atomic mass is 9.97. The minimum atomic E-state index is -4.42. The summed E-state index contributed by atoms with van der Waals surface area (Å²) < 4.78 is 58.3. The number of amides is 1. The molecule has 0 atom stereocenters. The minimum Gasteiger partial charge on any atom is -0.492 e. The maximum atomic E-state index is 13.8. The SMILES string of the molecule is COc1c2c(cc3c1OCO3)CCN(C(=O)c1cn(Cc3cccc(C(F)(F)F)c3)c3ccccc13)C2. The smallest absolute Gasteiger partial charge is 0.416 e. The lowest BCUT2D eigenvalue weighted by Crippen LogP contribution is -2.36. The van der Waals surface area contributed by atoms with Gasteiger partial charge in [0.25, 0.3) is 5.91 Å². The average molecular weight is 508 g/mol. The molecule has 6 rings (SSSR count). The predicted molar refractivity (Wildman–Crippen MR) is 130 cm³/mol. The van der Waals surface area contributed by atoms with Crippen LogP contribution in [0.2, 0.25) is 0 Å². The van der Waals surface area contributed by atoms with Crippen LogP contribution in [0.3, 0.4) is 0 Å². The number of halogens is 3. The fraction of sp³-hybridized carbons (Fsp3) is 0.250. The van der Waals surface area contributed by atoms with Gasteiger partial charge < -0.3 is 23.7 Å². The largest absolute Gasteiger partial charge is 0.492 e. The van der Waals surface area contributed by atoms with E-state index in [-0.39, 0.29) is 19.2 Å². The van der Waals surface area contributed by atoms with Gasteiger partial charge in [-0.15, -0.1) is 0 Å². The molecule has 2 aliphatic rings. The molecule has 190 valence electrons. The lowest BCUT2D eigenvalue weighted by Gasteiger charge is -2.30. The second kappa shape index (κ2) is 8.76. The van der Waals surface area contributed by atoms with E-state index in [0.717, 1.165) is 34.2 Å². The van der Waals surface area contributed by atoms with Crippen LogP contribution in [0.4, 0.5) is 13.2 Å². The molecule has 0 spiro atoms. The van der Waals surface area contributed by atoms with Crippen LogP contribution in [0.25, 0.3) is 10.9 Å². The molecular weight excluding hydrogens is 485 g/mol. The highest BCUT2D eigenvalue weighted by molar-refractivity contribution is 6.07. The highest BCUT2D eigenvalue weighted by Crippen LogP contribution is 2.46. The Bertz CT molecular complexity index is 1530. The number of aromatic nitrogens is 1. The molecule has 0 saturated carbocycles. The molecular formula is C28H23F3N2O4. The Balaban J connectivity index is 1.33. The zero-order valence-electron chi connectivity index (χ0n) is 20.0. The summed E-state index contributed by atoms with van der Waals surface area (Å²) in [6.07, 6.45) is -2.05. The summed E-state index contributed by atoms with van der Waals surface area (Å²) in [6.45, 7) is 1.20. The summed E-state index contributed by atoms with van der Waals surface area (Å²) in [6, 6.07) is 14.6. The fourth-order valence-corrected chi connectivity index (χ4v) is 5.17. The summed E-state index contributed by atoms with van der Waals surface area (Å²) in [5, 5.41) is 0.753. The fourth-order valence-electron chi connectivity index (χ4n) is 5.17. The van der Waals surface area contributed by atoms with Crippen molar-refractivity contribution < 1.29 is 32.2 Å². The van der Waals surface area contributed by atoms with Crippen molar-refractivity contribution in [2.45, 2.75) is 25.7 Å². The van der Waals surface area contributed by atoms with Crippen LogP contribution in [0, 0.1) is 0 Å². The quantitative estimate of drug-likeness (QED) is 0.358. The van der Waals surface area contributed by atoms with Crippen LogP contribution in [0.1, 0.15) is 32.6 Å². The van der Waals surface area contributed by atoms with Crippen molar-refractivity contribution in [2.75, 3.05) is 20.4 Å². The molecule has 0 radical (unpaired) electrons. The Kier molecular flexibility index (Phi) is 5.51. The highest BCUT2D eigenvalue weighted by Gasteiger charge is 2.32. The number of fused-ring (bicyclic) bond motifs is 3. The van der Waals surface area contributed by atoms with Gasteiger partial charge in [0.2, 0.25) is 12.5 Å². The maximum absolute atomic E-state index is 13.8. The number of rotatable bonds is 4. The summed E-state index contributed by atoms with van der Waals surface area (Å²) in [4.78, 5) is 15.5. The number of benzene rings is 3. The van der Waals surface area contributed by atoms with E-state index < -0.39 is 11.7 Å². The number of nitrogens with zero attached hydrogens (tertiary/aromatic N) is 2. The molecule has 0 saturated heterocycles. The molecule has 3 heterocycles. The molecule has 0 fully saturated rings. The number of hydrogen-bond acceptors (Lipinski definition) is 4. The van der Waals surface area contributed by atoms with Crippen molar-refractivity contribution in [3.05, 3.63) is 88.6 Å². The summed E-state index contributed by atoms with van der Waals surface area (Å²) in [5.41, 5.74) is 3.03. The molecule has 1 amide bonds. The molecule has 6 nitrogen and oxygen atoms in total. The first-order valence-corrected chi connectivity index (χ1v) is 11.8. The molecule has 0 unspecified atom stereocenters. The van der Waals surface area contributed by atoms with Gasteiger partial charge in [0.15, 0.2) is 11.5 Å². The number of para-hydroxylation sites is 1. The van der Waals surface area contributed by atoms with Gasteiger partial charge in [0.1, 0.15) is 0 Å². The summed E-state index contributed by atoms with van der Waals surface area (Å²) in [5.74, 6) is 1.63. The van der Waals surface area contributed by atoms with E-state index in [1.54, 1.807) is 24.3 Å². The third-order valence-corrected chi connectivity index (χ3v) is 6.93. The van der Waals surface area contributed by atoms with E-state index in [4.69, 9.17) is 14.2 Å². The number of carbonyl (C=O) groups is 1. The van der Waals surface area contributed by atoms with Gasteiger partial charge in [-0.05, 0) is 41.8 Å². The van der Waals surface area contributed by atoms with Crippen LogP contribution in [0.5, 0.6) is 17.2 Å². The molecule has 4 aromatic rings. The van der Waals surface area contributed by atoms with E-state index in [9.17, 15) is 18.0 Å². The molecule has 37 heavy (non-hydrogen) atoms. The normalized spacial score (nSPS) is 14.6. The van der Waals surface area contributed by atoms with Crippen molar-refractivity contribution in [1.29, 1.82) is 0 Å². The van der Waals surface area contributed by atoms with E-state index >= 15 is 0 Å². The number of methoxy groups -OCH3 is 1. The standard InChI is InChI=1S/C28H23F3N2O4/c1-35-25-21-14-32(10-9-18(21)12-24-26(25)37-16-36-24)27(34)22-15-33(23-8-3-2-7-20(22)23)13-17-5-4-6-19(11-17)28(29,30)31/h2-8,11-12,15H,9-10,13-14,16H2,1H3. The molecule has 9 heteroatoms. The van der Waals surface area contributed by atoms with E-state index in [1.165, 1.54) is 6.07 Å². The summed E-state index contributed by atoms with van der Waals surface area (Å²) >= 11 is 0. The van der Waals surface area contributed by atoms with E-state index in [2.05, 4.69) is 0 Å². The minimum absolute atomic E-state index is 0.128. The molecule has 2 aliphatic heterocycles. The van der Waals surface area contributed by atoms with Crippen LogP contribution >= 0.6 is 0 Å². The van der Waals surface area contributed by atoms with Gasteiger partial charge in [-0.1, -0.05) is 30.3 Å². The van der Waals surface area contributed by atoms with Gasteiger partial charge in [0, 0.05) is 35.8 Å². The predicted octanol–water partition coefficient (Wildman–Crippen LogP) is 5.64. The van der Waals surface area contributed by atoms with Gasteiger partial charge >= 0.3 is 6.18 Å². The number of carbonyl (C=O) groups excluding carboxylic acids is 1. The summed E-state index contributed by atoms with van der Waals surface area (Å²) in [7, 11) is 1.57. The topological polar surface area (TPSA) is 52.9 Å². The Morgan fingerprint density at radius 1 is 1.08 bits per heavy atom. The molecule has 0 bridgehead atoms. The van der Waals surface area contributed by atoms with Crippen LogP contribution in [0.15, 0.2) is 60.8 Å². The Morgan fingerprint density at radius 2 is 1.92 bits per heavy atom. The van der Waals surface area contributed by atoms with Gasteiger partial charge in [0.05, 0.1) is 24.8 Å². The first-order valence-electron chi connectivity index (χ1n) is 11.8. The van der Waals surface area contributed by atoms with Crippen LogP contribution in [-0.2, 0) is 25.7 Å². The lowest BCUT2D eigenvalue weighted by molar-refractivity contribution is -0.137. The van der Waals surface area contributed by atoms with Crippen molar-refractivity contribution in [1.82, 2.24) is 9.47 Å². The number of ether oxygens (including phenoxy) is 3. The second-order valence-electron chi connectivity index (χ2n) is 9.14. The molecule has 0 N–H and O–H groups in total. The van der Waals surface area contributed by atoms with Crippen molar-refractivity contribution >= 4 is 16.8 Å². The van der Waals surface area contributed by atoms with Gasteiger partial charge in [-0.3, -0.25) is 4.79 Å². The molecule has 0 aliphatic carbocycles. The van der Waals surface area contributed by atoms with Crippen LogP contribution in [-0.4, -0.2) is 35.8 Å². The third kappa shape index (κ3) is 4.04. The Hall–Kier alpha value is -4.14. The van der Waals surface area contributed by atoms with Gasteiger partial charge in [-0.2, -0.15) is 13.2 Å². The maximum Gasteiger partial charge on any atom is 0.416 e. The van der Waals surface area contributed by atoms with Gasteiger partial charge in [-0.25, -0.2) is 0 Å². The van der Waals surface area contributed by atoms with Crippen molar-refractivity contribution in [2.24, 2.45) is 0 Å². The third-order valence-electron chi connectivity index (χ3n) is 6.93. The Labute approximate surface area is 210 Å². The van der Waals surface area contributed by atoms with E-state index in [1.807, 2.05) is 34.9 Å². The second-order valence-corrected chi connectivity index (χ2v) is 9.14. The molecule has 1 aromatic heterocycles. The monoisotopic (exact) mass is 508 g/mol. The van der Waals surface area contributed by atoms with Crippen molar-refractivity contribution in [3.8, 4) is 17.2 Å².